The molecule has 2 aromatic rings. The van der Waals surface area contributed by atoms with Crippen molar-refractivity contribution >= 4 is 29.1 Å². The number of anilines is 1. The fourth-order valence-electron chi connectivity index (χ4n) is 3.64. The van der Waals surface area contributed by atoms with Crippen LogP contribution in [0.1, 0.15) is 18.4 Å². The van der Waals surface area contributed by atoms with Crippen LogP contribution in [0.2, 0.25) is 5.02 Å². The number of fused-ring (bicyclic) bond motifs is 1. The number of aliphatic hydroxyl groups is 1. The molecule has 2 atom stereocenters. The number of nitrogens with zero attached hydrogens (tertiary/aromatic N) is 1. The topological polar surface area (TPSA) is 88.1 Å². The zero-order valence-electron chi connectivity index (χ0n) is 16.3. The summed E-state index contributed by atoms with van der Waals surface area (Å²) in [5.41, 5.74) is 1.83. The Morgan fingerprint density at radius 1 is 1.17 bits per heavy atom. The Balaban J connectivity index is 1.29. The second kappa shape index (κ2) is 8.93. The van der Waals surface area contributed by atoms with Gasteiger partial charge in [0, 0.05) is 36.2 Å². The van der Waals surface area contributed by atoms with Gasteiger partial charge in [0.15, 0.2) is 6.61 Å². The van der Waals surface area contributed by atoms with Crippen LogP contribution < -0.4 is 14.8 Å². The molecule has 1 saturated heterocycles. The van der Waals surface area contributed by atoms with Crippen LogP contribution in [0.25, 0.3) is 0 Å². The van der Waals surface area contributed by atoms with Gasteiger partial charge in [0.25, 0.3) is 5.91 Å². The third-order valence-electron chi connectivity index (χ3n) is 5.31. The molecule has 8 heteroatoms. The molecule has 2 aliphatic rings. The van der Waals surface area contributed by atoms with Crippen LogP contribution >= 0.6 is 11.6 Å². The minimum absolute atomic E-state index is 0.00711. The molecular formula is C22H23ClN2O5. The van der Waals surface area contributed by atoms with Crippen LogP contribution in [0.15, 0.2) is 42.5 Å². The number of carbonyl (C=O) groups is 2. The molecule has 0 aromatic heterocycles. The molecule has 1 fully saturated rings. The van der Waals surface area contributed by atoms with Gasteiger partial charge in [-0.2, -0.15) is 0 Å². The molecule has 2 amide bonds. The number of rotatable bonds is 5. The third kappa shape index (κ3) is 4.86. The fourth-order valence-corrected chi connectivity index (χ4v) is 3.77. The van der Waals surface area contributed by atoms with E-state index in [9.17, 15) is 14.7 Å². The van der Waals surface area contributed by atoms with Crippen LogP contribution in [-0.2, 0) is 16.0 Å². The summed E-state index contributed by atoms with van der Waals surface area (Å²) in [7, 11) is 0. The Morgan fingerprint density at radius 2 is 1.93 bits per heavy atom. The summed E-state index contributed by atoms with van der Waals surface area (Å²) in [6.45, 7) is 0.533. The SMILES string of the molecule is O=C1CCc2ccc(O[C@@H]3CCN(C(=O)COc4ccc(Cl)cc4)C[C@H]3O)cc2N1. The number of piperidine rings is 1. The third-order valence-corrected chi connectivity index (χ3v) is 5.57. The van der Waals surface area contributed by atoms with E-state index in [1.807, 2.05) is 12.1 Å². The van der Waals surface area contributed by atoms with Crippen LogP contribution in [-0.4, -0.2) is 53.7 Å². The highest BCUT2D eigenvalue weighted by Crippen LogP contribution is 2.29. The van der Waals surface area contributed by atoms with E-state index in [1.54, 1.807) is 35.2 Å². The zero-order chi connectivity index (χ0) is 21.1. The summed E-state index contributed by atoms with van der Waals surface area (Å²) < 4.78 is 11.5. The lowest BCUT2D eigenvalue weighted by molar-refractivity contribution is -0.139. The van der Waals surface area contributed by atoms with Crippen molar-refractivity contribution in [2.24, 2.45) is 0 Å². The number of aryl methyl sites for hydroxylation is 1. The first-order valence-electron chi connectivity index (χ1n) is 9.91. The molecule has 2 N–H and O–H groups in total. The highest BCUT2D eigenvalue weighted by molar-refractivity contribution is 6.30. The predicted molar refractivity (Wildman–Crippen MR) is 112 cm³/mol. The molecular weight excluding hydrogens is 408 g/mol. The van der Waals surface area contributed by atoms with E-state index in [1.165, 1.54) is 0 Å². The normalized spacial score (nSPS) is 20.9. The predicted octanol–water partition coefficient (Wildman–Crippen LogP) is 2.64. The Labute approximate surface area is 179 Å². The smallest absolute Gasteiger partial charge is 0.260 e. The summed E-state index contributed by atoms with van der Waals surface area (Å²) in [6.07, 6.45) is 0.451. The van der Waals surface area contributed by atoms with Crippen molar-refractivity contribution < 1.29 is 24.2 Å². The quantitative estimate of drug-likeness (QED) is 0.761. The minimum Gasteiger partial charge on any atom is -0.488 e. The van der Waals surface area contributed by atoms with E-state index >= 15 is 0 Å². The van der Waals surface area contributed by atoms with Crippen molar-refractivity contribution in [2.45, 2.75) is 31.5 Å². The molecule has 0 radical (unpaired) electrons. The number of amides is 2. The highest BCUT2D eigenvalue weighted by Gasteiger charge is 2.32. The van der Waals surface area contributed by atoms with Crippen molar-refractivity contribution in [3.8, 4) is 11.5 Å². The first-order chi connectivity index (χ1) is 14.5. The van der Waals surface area contributed by atoms with Gasteiger partial charge in [0.2, 0.25) is 5.91 Å². The van der Waals surface area contributed by atoms with Crippen molar-refractivity contribution in [2.75, 3.05) is 25.0 Å². The number of hydrogen-bond donors (Lipinski definition) is 2. The number of benzene rings is 2. The first-order valence-corrected chi connectivity index (χ1v) is 10.3. The van der Waals surface area contributed by atoms with Crippen molar-refractivity contribution in [3.63, 3.8) is 0 Å². The summed E-state index contributed by atoms with van der Waals surface area (Å²) in [5.74, 6) is 0.947. The Bertz CT molecular complexity index is 934. The fraction of sp³-hybridized carbons (Fsp3) is 0.364. The number of nitrogens with one attached hydrogen (secondary N) is 1. The molecule has 2 heterocycles. The minimum atomic E-state index is -0.816. The van der Waals surface area contributed by atoms with Gasteiger partial charge >= 0.3 is 0 Å². The summed E-state index contributed by atoms with van der Waals surface area (Å²) >= 11 is 5.84. The molecule has 0 unspecified atom stereocenters. The second-order valence-corrected chi connectivity index (χ2v) is 7.90. The van der Waals surface area contributed by atoms with E-state index in [2.05, 4.69) is 5.32 Å². The largest absolute Gasteiger partial charge is 0.488 e. The van der Waals surface area contributed by atoms with E-state index < -0.39 is 12.2 Å². The number of aliphatic hydroxyl groups excluding tert-OH is 1. The van der Waals surface area contributed by atoms with Gasteiger partial charge in [0.05, 0.1) is 6.54 Å². The molecule has 158 valence electrons. The Morgan fingerprint density at radius 3 is 2.70 bits per heavy atom. The van der Waals surface area contributed by atoms with Crippen LogP contribution in [0.5, 0.6) is 11.5 Å². The van der Waals surface area contributed by atoms with Gasteiger partial charge in [-0.1, -0.05) is 17.7 Å². The molecule has 2 aromatic carbocycles. The highest BCUT2D eigenvalue weighted by atomic mass is 35.5. The Hall–Kier alpha value is -2.77. The van der Waals surface area contributed by atoms with E-state index in [0.717, 1.165) is 11.3 Å². The van der Waals surface area contributed by atoms with Gasteiger partial charge < -0.3 is 24.8 Å². The molecule has 0 saturated carbocycles. The van der Waals surface area contributed by atoms with Gasteiger partial charge in [-0.25, -0.2) is 0 Å². The lowest BCUT2D eigenvalue weighted by atomic mass is 10.0. The van der Waals surface area contributed by atoms with Crippen LogP contribution in [0.3, 0.4) is 0 Å². The van der Waals surface area contributed by atoms with E-state index in [4.69, 9.17) is 21.1 Å². The van der Waals surface area contributed by atoms with Gasteiger partial charge in [-0.15, -0.1) is 0 Å². The standard InChI is InChI=1S/C22H23ClN2O5/c23-15-3-6-16(7-4-15)29-13-22(28)25-10-9-20(19(26)12-25)30-17-5-1-14-2-8-21(27)24-18(14)11-17/h1,3-7,11,19-20,26H,2,8-10,12-13H2,(H,24,27)/t19-,20-/m1/s1. The van der Waals surface area contributed by atoms with Crippen LogP contribution in [0, 0.1) is 0 Å². The van der Waals surface area contributed by atoms with E-state index in [-0.39, 0.29) is 25.0 Å². The lowest BCUT2D eigenvalue weighted by Crippen LogP contribution is -2.52. The number of β-amino-alcohol motifs (C(OH)–C–C–N with tert-alkyl or cyclic N) is 1. The average Bonchev–Trinajstić information content (AvgIpc) is 2.74. The number of hydrogen-bond acceptors (Lipinski definition) is 5. The molecule has 0 spiro atoms. The summed E-state index contributed by atoms with van der Waals surface area (Å²) in [4.78, 5) is 25.6. The number of likely N-dealkylation sites (tertiary alicyclic amines) is 1. The maximum atomic E-state index is 12.4. The van der Waals surface area contributed by atoms with Gasteiger partial charge in [-0.3, -0.25) is 9.59 Å². The number of ether oxygens (including phenoxy) is 2. The molecule has 2 aliphatic heterocycles. The lowest BCUT2D eigenvalue weighted by Gasteiger charge is -2.36. The van der Waals surface area contributed by atoms with Crippen molar-refractivity contribution in [1.82, 2.24) is 4.90 Å². The second-order valence-electron chi connectivity index (χ2n) is 7.46. The molecule has 0 bridgehead atoms. The average molecular weight is 431 g/mol. The van der Waals surface area contributed by atoms with E-state index in [0.29, 0.717) is 42.3 Å². The number of carbonyl (C=O) groups excluding carboxylic acids is 2. The molecule has 7 nitrogen and oxygen atoms in total. The summed E-state index contributed by atoms with van der Waals surface area (Å²) in [5, 5.41) is 13.9. The zero-order valence-corrected chi connectivity index (χ0v) is 17.1. The maximum Gasteiger partial charge on any atom is 0.260 e. The van der Waals surface area contributed by atoms with Crippen molar-refractivity contribution in [1.29, 1.82) is 0 Å². The summed E-state index contributed by atoms with van der Waals surface area (Å²) in [6, 6.07) is 12.4. The number of halogens is 1. The van der Waals surface area contributed by atoms with Gasteiger partial charge in [0.1, 0.15) is 23.7 Å². The monoisotopic (exact) mass is 430 g/mol. The Kier molecular flexibility index (Phi) is 6.11. The van der Waals surface area contributed by atoms with Gasteiger partial charge in [-0.05, 0) is 42.3 Å². The first kappa shape index (κ1) is 20.5. The molecule has 4 rings (SSSR count). The molecule has 0 aliphatic carbocycles. The van der Waals surface area contributed by atoms with Crippen LogP contribution in [0.4, 0.5) is 5.69 Å². The molecule has 30 heavy (non-hydrogen) atoms. The van der Waals surface area contributed by atoms with Crippen molar-refractivity contribution in [3.05, 3.63) is 53.1 Å². The maximum absolute atomic E-state index is 12.4.